The maximum absolute atomic E-state index is 12.5. The van der Waals surface area contributed by atoms with Crippen LogP contribution >= 0.6 is 11.3 Å². The van der Waals surface area contributed by atoms with Crippen molar-refractivity contribution in [2.24, 2.45) is 11.8 Å². The van der Waals surface area contributed by atoms with Crippen LogP contribution in [0, 0.1) is 11.8 Å². The number of carbonyl (C=O) groups excluding carboxylic acids is 2. The highest BCUT2D eigenvalue weighted by Gasteiger charge is 2.22. The molecule has 1 fully saturated rings. The first-order valence-electron chi connectivity index (χ1n) is 10.7. The third kappa shape index (κ3) is 6.34. The second-order valence-corrected chi connectivity index (χ2v) is 9.21. The molecule has 0 saturated carbocycles. The quantitative estimate of drug-likeness (QED) is 0.672. The number of anilines is 1. The number of piperidine rings is 1. The van der Waals surface area contributed by atoms with E-state index in [4.69, 9.17) is 0 Å². The van der Waals surface area contributed by atoms with Crippen LogP contribution < -0.4 is 10.6 Å². The van der Waals surface area contributed by atoms with Crippen LogP contribution in [0.5, 0.6) is 0 Å². The molecule has 0 radical (unpaired) electrons. The van der Waals surface area contributed by atoms with Gasteiger partial charge in [-0.25, -0.2) is 0 Å². The molecule has 0 aliphatic carbocycles. The van der Waals surface area contributed by atoms with Gasteiger partial charge in [0.15, 0.2) is 0 Å². The molecule has 8 heteroatoms. The highest BCUT2D eigenvalue weighted by atomic mass is 32.1. The lowest BCUT2D eigenvalue weighted by Crippen LogP contribution is -2.41. The number of nitrogens with one attached hydrogen (secondary N) is 2. The van der Waals surface area contributed by atoms with Crippen LogP contribution in [0.15, 0.2) is 24.3 Å². The summed E-state index contributed by atoms with van der Waals surface area (Å²) in [5.74, 6) is 0.343. The molecule has 0 bridgehead atoms. The lowest BCUT2D eigenvalue weighted by atomic mass is 9.98. The van der Waals surface area contributed by atoms with Crippen LogP contribution in [-0.4, -0.2) is 46.5 Å². The molecule has 30 heavy (non-hydrogen) atoms. The van der Waals surface area contributed by atoms with Gasteiger partial charge in [-0.2, -0.15) is 0 Å². The van der Waals surface area contributed by atoms with Crippen LogP contribution in [-0.2, 0) is 17.8 Å². The Bertz CT molecular complexity index is 849. The highest BCUT2D eigenvalue weighted by Crippen LogP contribution is 2.20. The Morgan fingerprint density at radius 2 is 2.00 bits per heavy atom. The smallest absolute Gasteiger partial charge is 0.286 e. The van der Waals surface area contributed by atoms with Crippen LogP contribution in [0.4, 0.5) is 5.69 Å². The summed E-state index contributed by atoms with van der Waals surface area (Å²) in [5.41, 5.74) is 1.99. The van der Waals surface area contributed by atoms with Gasteiger partial charge in [0.25, 0.3) is 5.91 Å². The monoisotopic (exact) mass is 429 g/mol. The molecule has 1 aliphatic heterocycles. The molecule has 2 N–H and O–H groups in total. The molecule has 1 atom stereocenters. The largest absolute Gasteiger partial charge is 0.356 e. The molecule has 162 valence electrons. The minimum Gasteiger partial charge on any atom is -0.356 e. The van der Waals surface area contributed by atoms with Crippen molar-refractivity contribution in [3.8, 4) is 0 Å². The number of amides is 2. The molecular weight excluding hydrogens is 398 g/mol. The summed E-state index contributed by atoms with van der Waals surface area (Å²) in [5, 5.41) is 15.4. The minimum atomic E-state index is -0.226. The van der Waals surface area contributed by atoms with Crippen LogP contribution in [0.1, 0.15) is 54.0 Å². The number of hydrogen-bond donors (Lipinski definition) is 2. The van der Waals surface area contributed by atoms with Crippen molar-refractivity contribution >= 4 is 28.8 Å². The molecule has 7 nitrogen and oxygen atoms in total. The van der Waals surface area contributed by atoms with Crippen LogP contribution in [0.25, 0.3) is 0 Å². The van der Waals surface area contributed by atoms with Crippen molar-refractivity contribution in [1.29, 1.82) is 0 Å². The topological polar surface area (TPSA) is 87.2 Å². The zero-order valence-electron chi connectivity index (χ0n) is 18.0. The lowest BCUT2D eigenvalue weighted by molar-refractivity contribution is -0.124. The van der Waals surface area contributed by atoms with Crippen LogP contribution in [0.2, 0.25) is 0 Å². The van der Waals surface area contributed by atoms with Crippen molar-refractivity contribution in [3.05, 3.63) is 39.8 Å². The number of carbonyl (C=O) groups is 2. The number of rotatable bonds is 8. The third-order valence-electron chi connectivity index (χ3n) is 5.33. The van der Waals surface area contributed by atoms with Gasteiger partial charge >= 0.3 is 0 Å². The van der Waals surface area contributed by atoms with Crippen molar-refractivity contribution in [1.82, 2.24) is 20.4 Å². The standard InChI is InChI=1S/C22H31N5O2S/c1-4-16-7-9-18(10-8-16)24-21(29)22-26-25-19(30-22)14-27-11-5-6-17(13-27)12-23-20(28)15(2)3/h7-10,15,17H,4-6,11-14H2,1-3H3,(H,23,28)(H,24,29). The Balaban J connectivity index is 1.50. The predicted molar refractivity (Wildman–Crippen MR) is 120 cm³/mol. The summed E-state index contributed by atoms with van der Waals surface area (Å²) >= 11 is 1.34. The average Bonchev–Trinajstić information content (AvgIpc) is 3.21. The van der Waals surface area contributed by atoms with Crippen molar-refractivity contribution in [2.75, 3.05) is 25.0 Å². The number of likely N-dealkylation sites (tertiary alicyclic amines) is 1. The van der Waals surface area contributed by atoms with Gasteiger partial charge in [0.05, 0.1) is 6.54 Å². The fourth-order valence-electron chi connectivity index (χ4n) is 3.52. The van der Waals surface area contributed by atoms with Crippen LogP contribution in [0.3, 0.4) is 0 Å². The first-order valence-corrected chi connectivity index (χ1v) is 11.5. The molecular formula is C22H31N5O2S. The van der Waals surface area contributed by atoms with Crippen molar-refractivity contribution in [2.45, 2.75) is 46.6 Å². The molecule has 2 amide bonds. The zero-order chi connectivity index (χ0) is 21.5. The first-order chi connectivity index (χ1) is 14.4. The predicted octanol–water partition coefficient (Wildman–Crippen LogP) is 3.34. The second-order valence-electron chi connectivity index (χ2n) is 8.15. The molecule has 1 unspecified atom stereocenters. The Hall–Kier alpha value is -2.32. The fourth-order valence-corrected chi connectivity index (χ4v) is 4.30. The van der Waals surface area contributed by atoms with E-state index in [2.05, 4.69) is 32.7 Å². The first kappa shape index (κ1) is 22.4. The van der Waals surface area contributed by atoms with Gasteiger partial charge in [-0.05, 0) is 49.4 Å². The van der Waals surface area contributed by atoms with E-state index in [-0.39, 0.29) is 17.7 Å². The molecule has 0 spiro atoms. The van der Waals surface area contributed by atoms with Gasteiger partial charge in [-0.15, -0.1) is 10.2 Å². The third-order valence-corrected chi connectivity index (χ3v) is 6.24. The summed E-state index contributed by atoms with van der Waals surface area (Å²) < 4.78 is 0. The number of benzene rings is 1. The number of aryl methyl sites for hydroxylation is 1. The van der Waals surface area contributed by atoms with E-state index in [1.54, 1.807) is 0 Å². The van der Waals surface area contributed by atoms with Gasteiger partial charge in [0.1, 0.15) is 5.01 Å². The lowest BCUT2D eigenvalue weighted by Gasteiger charge is -2.32. The normalized spacial score (nSPS) is 17.1. The van der Waals surface area contributed by atoms with E-state index in [1.165, 1.54) is 16.9 Å². The van der Waals surface area contributed by atoms with Gasteiger partial charge in [-0.3, -0.25) is 14.5 Å². The van der Waals surface area contributed by atoms with E-state index >= 15 is 0 Å². The van der Waals surface area contributed by atoms with E-state index in [9.17, 15) is 9.59 Å². The van der Waals surface area contributed by atoms with Crippen molar-refractivity contribution < 1.29 is 9.59 Å². The Morgan fingerprint density at radius 1 is 1.23 bits per heavy atom. The molecule has 1 aromatic carbocycles. The molecule has 3 rings (SSSR count). The molecule has 2 heterocycles. The molecule has 1 saturated heterocycles. The average molecular weight is 430 g/mol. The number of hydrogen-bond acceptors (Lipinski definition) is 6. The highest BCUT2D eigenvalue weighted by molar-refractivity contribution is 7.13. The fraction of sp³-hybridized carbons (Fsp3) is 0.545. The van der Waals surface area contributed by atoms with E-state index < -0.39 is 0 Å². The molecule has 2 aromatic rings. The Labute approximate surface area is 182 Å². The summed E-state index contributed by atoms with van der Waals surface area (Å²) in [7, 11) is 0. The second kappa shape index (κ2) is 10.6. The summed E-state index contributed by atoms with van der Waals surface area (Å²) in [6.07, 6.45) is 3.19. The van der Waals surface area contributed by atoms with Gasteiger partial charge < -0.3 is 10.6 Å². The van der Waals surface area contributed by atoms with Gasteiger partial charge in [0.2, 0.25) is 10.9 Å². The SMILES string of the molecule is CCc1ccc(NC(=O)c2nnc(CN3CCCC(CNC(=O)C(C)C)C3)s2)cc1. The van der Waals surface area contributed by atoms with E-state index in [0.29, 0.717) is 24.0 Å². The molecule has 1 aromatic heterocycles. The summed E-state index contributed by atoms with van der Waals surface area (Å²) in [4.78, 5) is 26.6. The molecule has 1 aliphatic rings. The summed E-state index contributed by atoms with van der Waals surface area (Å²) in [6.45, 7) is 9.24. The minimum absolute atomic E-state index is 0.0141. The summed E-state index contributed by atoms with van der Waals surface area (Å²) in [6, 6.07) is 7.84. The maximum atomic E-state index is 12.5. The van der Waals surface area contributed by atoms with Gasteiger partial charge in [-0.1, -0.05) is 44.2 Å². The Morgan fingerprint density at radius 3 is 2.70 bits per heavy atom. The van der Waals surface area contributed by atoms with E-state index in [0.717, 1.165) is 43.0 Å². The van der Waals surface area contributed by atoms with Gasteiger partial charge in [0, 0.05) is 24.7 Å². The number of nitrogens with zero attached hydrogens (tertiary/aromatic N) is 3. The van der Waals surface area contributed by atoms with Crippen molar-refractivity contribution in [3.63, 3.8) is 0 Å². The van der Waals surface area contributed by atoms with E-state index in [1.807, 2.05) is 38.1 Å². The Kier molecular flexibility index (Phi) is 7.93. The zero-order valence-corrected chi connectivity index (χ0v) is 18.8. The maximum Gasteiger partial charge on any atom is 0.286 e. The number of aromatic nitrogens is 2.